The number of benzene rings is 1. The van der Waals surface area contributed by atoms with E-state index in [1.165, 1.54) is 11.1 Å². The van der Waals surface area contributed by atoms with Crippen molar-refractivity contribution < 1.29 is 4.74 Å². The Morgan fingerprint density at radius 1 is 1.44 bits per heavy atom. The molecule has 2 nitrogen and oxygen atoms in total. The van der Waals surface area contributed by atoms with Gasteiger partial charge in [-0.3, -0.25) is 5.32 Å². The minimum absolute atomic E-state index is 0.191. The van der Waals surface area contributed by atoms with E-state index in [1.807, 2.05) is 19.9 Å². The molecule has 0 amide bonds. The lowest BCUT2D eigenvalue weighted by Crippen LogP contribution is -2.43. The van der Waals surface area contributed by atoms with Gasteiger partial charge in [0.25, 0.3) is 0 Å². The van der Waals surface area contributed by atoms with Crippen LogP contribution in [0.1, 0.15) is 31.0 Å². The Labute approximate surface area is 97.0 Å². The fourth-order valence-electron chi connectivity index (χ4n) is 1.98. The third-order valence-electron chi connectivity index (χ3n) is 2.87. The first kappa shape index (κ1) is 11.2. The quantitative estimate of drug-likeness (QED) is 0.764. The van der Waals surface area contributed by atoms with E-state index in [-0.39, 0.29) is 11.6 Å². The van der Waals surface area contributed by atoms with Crippen molar-refractivity contribution in [3.05, 3.63) is 35.4 Å². The van der Waals surface area contributed by atoms with E-state index in [2.05, 4.69) is 29.4 Å². The summed E-state index contributed by atoms with van der Waals surface area (Å²) in [6.45, 7) is 5.39. The summed E-state index contributed by atoms with van der Waals surface area (Å²) in [5.74, 6) is 2.75. The zero-order valence-corrected chi connectivity index (χ0v) is 9.79. The summed E-state index contributed by atoms with van der Waals surface area (Å²) in [6.07, 6.45) is 5.49. The van der Waals surface area contributed by atoms with Crippen molar-refractivity contribution in [3.8, 4) is 12.3 Å². The van der Waals surface area contributed by atoms with E-state index >= 15 is 0 Å². The third kappa shape index (κ3) is 2.27. The molecule has 84 valence electrons. The standard InChI is InChI=1S/C14H17NO/c1-4-14(2,3)15-13-10-16-9-11-7-5-6-8-12(11)13/h1,5-8,13,15H,9-10H2,2-3H3. The molecule has 2 rings (SSSR count). The second-order valence-corrected chi connectivity index (χ2v) is 4.68. The van der Waals surface area contributed by atoms with E-state index in [1.54, 1.807) is 0 Å². The summed E-state index contributed by atoms with van der Waals surface area (Å²) >= 11 is 0. The van der Waals surface area contributed by atoms with E-state index in [0.717, 1.165) is 0 Å². The summed E-state index contributed by atoms with van der Waals surface area (Å²) < 4.78 is 5.57. The molecule has 1 aliphatic rings. The first-order chi connectivity index (χ1) is 7.62. The molecule has 1 aromatic rings. The Hall–Kier alpha value is -1.30. The maximum absolute atomic E-state index is 5.57. The highest BCUT2D eigenvalue weighted by atomic mass is 16.5. The van der Waals surface area contributed by atoms with Crippen molar-refractivity contribution in [2.75, 3.05) is 6.61 Å². The van der Waals surface area contributed by atoms with Gasteiger partial charge in [-0.15, -0.1) is 6.42 Å². The van der Waals surface area contributed by atoms with Crippen molar-refractivity contribution in [1.29, 1.82) is 0 Å². The van der Waals surface area contributed by atoms with Gasteiger partial charge in [0.15, 0.2) is 0 Å². The zero-order valence-electron chi connectivity index (χ0n) is 9.79. The molecule has 2 heteroatoms. The molecule has 0 radical (unpaired) electrons. The monoisotopic (exact) mass is 215 g/mol. The molecule has 1 atom stereocenters. The Balaban J connectivity index is 2.23. The summed E-state index contributed by atoms with van der Waals surface area (Å²) in [5, 5.41) is 3.44. The second kappa shape index (κ2) is 4.29. The zero-order chi connectivity index (χ0) is 11.6. The molecule has 0 bridgehead atoms. The van der Waals surface area contributed by atoms with Gasteiger partial charge in [-0.05, 0) is 25.0 Å². The number of rotatable bonds is 2. The smallest absolute Gasteiger partial charge is 0.0746 e. The number of hydrogen-bond donors (Lipinski definition) is 1. The fourth-order valence-corrected chi connectivity index (χ4v) is 1.98. The molecule has 1 heterocycles. The lowest BCUT2D eigenvalue weighted by atomic mass is 9.96. The largest absolute Gasteiger partial charge is 0.375 e. The van der Waals surface area contributed by atoms with E-state index in [9.17, 15) is 0 Å². The predicted octanol–water partition coefficient (Wildman–Crippen LogP) is 2.26. The fraction of sp³-hybridized carbons (Fsp3) is 0.429. The van der Waals surface area contributed by atoms with Crippen LogP contribution in [0.5, 0.6) is 0 Å². The molecular formula is C14H17NO. The lowest BCUT2D eigenvalue weighted by molar-refractivity contribution is 0.0766. The Morgan fingerprint density at radius 3 is 2.94 bits per heavy atom. The molecule has 0 saturated carbocycles. The first-order valence-electron chi connectivity index (χ1n) is 5.53. The van der Waals surface area contributed by atoms with Gasteiger partial charge >= 0.3 is 0 Å². The molecule has 1 aliphatic heterocycles. The minimum Gasteiger partial charge on any atom is -0.375 e. The number of hydrogen-bond acceptors (Lipinski definition) is 2. The van der Waals surface area contributed by atoms with E-state index in [4.69, 9.17) is 11.2 Å². The minimum atomic E-state index is -0.307. The molecular weight excluding hydrogens is 198 g/mol. The molecule has 1 N–H and O–H groups in total. The van der Waals surface area contributed by atoms with Crippen LogP contribution in [-0.2, 0) is 11.3 Å². The van der Waals surface area contributed by atoms with Crippen LogP contribution < -0.4 is 5.32 Å². The summed E-state index contributed by atoms with van der Waals surface area (Å²) in [4.78, 5) is 0. The van der Waals surface area contributed by atoms with Gasteiger partial charge in [0.05, 0.1) is 24.8 Å². The summed E-state index contributed by atoms with van der Waals surface area (Å²) in [6, 6.07) is 8.53. The maximum Gasteiger partial charge on any atom is 0.0746 e. The van der Waals surface area contributed by atoms with Crippen LogP contribution in [0.2, 0.25) is 0 Å². The molecule has 0 aliphatic carbocycles. The summed E-state index contributed by atoms with van der Waals surface area (Å²) in [5.41, 5.74) is 2.24. The van der Waals surface area contributed by atoms with Gasteiger partial charge in [0.1, 0.15) is 0 Å². The van der Waals surface area contributed by atoms with Gasteiger partial charge in [0, 0.05) is 0 Å². The molecule has 0 saturated heterocycles. The van der Waals surface area contributed by atoms with Crippen LogP contribution in [0.25, 0.3) is 0 Å². The lowest BCUT2D eigenvalue weighted by Gasteiger charge is -2.32. The molecule has 0 aromatic heterocycles. The van der Waals surface area contributed by atoms with Gasteiger partial charge in [-0.25, -0.2) is 0 Å². The van der Waals surface area contributed by atoms with Crippen molar-refractivity contribution in [2.24, 2.45) is 0 Å². The SMILES string of the molecule is C#CC(C)(C)NC1COCc2ccccc21. The normalized spacial score (nSPS) is 19.9. The Morgan fingerprint density at radius 2 is 2.19 bits per heavy atom. The Kier molecular flexibility index (Phi) is 3.00. The highest BCUT2D eigenvalue weighted by Gasteiger charge is 2.25. The number of ether oxygens (including phenoxy) is 1. The summed E-state index contributed by atoms with van der Waals surface area (Å²) in [7, 11) is 0. The molecule has 1 aromatic carbocycles. The van der Waals surface area contributed by atoms with Gasteiger partial charge < -0.3 is 4.74 Å². The van der Waals surface area contributed by atoms with Crippen LogP contribution >= 0.6 is 0 Å². The van der Waals surface area contributed by atoms with Crippen LogP contribution in [0.15, 0.2) is 24.3 Å². The van der Waals surface area contributed by atoms with Crippen molar-refractivity contribution in [2.45, 2.75) is 32.0 Å². The van der Waals surface area contributed by atoms with E-state index < -0.39 is 0 Å². The predicted molar refractivity (Wildman–Crippen MR) is 64.9 cm³/mol. The average molecular weight is 215 g/mol. The molecule has 16 heavy (non-hydrogen) atoms. The number of terminal acetylenes is 1. The van der Waals surface area contributed by atoms with Crippen molar-refractivity contribution in [3.63, 3.8) is 0 Å². The number of fused-ring (bicyclic) bond motifs is 1. The van der Waals surface area contributed by atoms with Crippen molar-refractivity contribution in [1.82, 2.24) is 5.32 Å². The first-order valence-corrected chi connectivity index (χ1v) is 5.53. The molecule has 0 spiro atoms. The Bertz CT molecular complexity index is 417. The highest BCUT2D eigenvalue weighted by Crippen LogP contribution is 2.26. The highest BCUT2D eigenvalue weighted by molar-refractivity contribution is 5.31. The van der Waals surface area contributed by atoms with Gasteiger partial charge in [0.2, 0.25) is 0 Å². The van der Waals surface area contributed by atoms with Gasteiger partial charge in [-0.1, -0.05) is 30.2 Å². The van der Waals surface area contributed by atoms with Crippen LogP contribution in [0, 0.1) is 12.3 Å². The maximum atomic E-state index is 5.57. The second-order valence-electron chi connectivity index (χ2n) is 4.68. The topological polar surface area (TPSA) is 21.3 Å². The molecule has 0 fully saturated rings. The molecule has 1 unspecified atom stereocenters. The van der Waals surface area contributed by atoms with Crippen LogP contribution in [0.4, 0.5) is 0 Å². The van der Waals surface area contributed by atoms with E-state index in [0.29, 0.717) is 13.2 Å². The van der Waals surface area contributed by atoms with Crippen LogP contribution in [-0.4, -0.2) is 12.1 Å². The van der Waals surface area contributed by atoms with Crippen LogP contribution in [0.3, 0.4) is 0 Å². The van der Waals surface area contributed by atoms with Crippen molar-refractivity contribution >= 4 is 0 Å². The number of nitrogens with one attached hydrogen (secondary N) is 1. The average Bonchev–Trinajstić information content (AvgIpc) is 2.29. The van der Waals surface area contributed by atoms with Gasteiger partial charge in [-0.2, -0.15) is 0 Å². The third-order valence-corrected chi connectivity index (χ3v) is 2.87.